The van der Waals surface area contributed by atoms with E-state index in [4.69, 9.17) is 0 Å². The largest absolute Gasteiger partial charge is 0.315 e. The standard InChI is InChI=1S/C11H25N3O2S/c1-3-14(4-2)9-8-13-17(15,16)11-6-5-7-12-10-11/h11-13H,3-10H2,1-2H3. The van der Waals surface area contributed by atoms with Crippen molar-refractivity contribution in [2.24, 2.45) is 0 Å². The van der Waals surface area contributed by atoms with E-state index in [9.17, 15) is 8.42 Å². The Labute approximate surface area is 105 Å². The van der Waals surface area contributed by atoms with Crippen LogP contribution in [0.3, 0.4) is 0 Å². The van der Waals surface area contributed by atoms with E-state index >= 15 is 0 Å². The molecule has 0 aromatic carbocycles. The SMILES string of the molecule is CCN(CC)CCNS(=O)(=O)C1CCCNC1. The highest BCUT2D eigenvalue weighted by Gasteiger charge is 2.26. The minimum absolute atomic E-state index is 0.257. The Kier molecular flexibility index (Phi) is 6.40. The first-order valence-electron chi connectivity index (χ1n) is 6.51. The topological polar surface area (TPSA) is 61.4 Å². The van der Waals surface area contributed by atoms with Gasteiger partial charge in [0.15, 0.2) is 0 Å². The lowest BCUT2D eigenvalue weighted by Gasteiger charge is -2.24. The summed E-state index contributed by atoms with van der Waals surface area (Å²) < 4.78 is 26.7. The van der Waals surface area contributed by atoms with Crippen LogP contribution in [0.1, 0.15) is 26.7 Å². The second kappa shape index (κ2) is 7.31. The van der Waals surface area contributed by atoms with Gasteiger partial charge in [0.05, 0.1) is 5.25 Å². The molecule has 1 fully saturated rings. The van der Waals surface area contributed by atoms with E-state index in [1.54, 1.807) is 0 Å². The van der Waals surface area contributed by atoms with Crippen LogP contribution in [0.4, 0.5) is 0 Å². The zero-order valence-corrected chi connectivity index (χ0v) is 11.7. The molecule has 1 unspecified atom stereocenters. The number of nitrogens with zero attached hydrogens (tertiary/aromatic N) is 1. The predicted molar refractivity (Wildman–Crippen MR) is 70.6 cm³/mol. The molecule has 0 aromatic rings. The Morgan fingerprint density at radius 1 is 1.35 bits per heavy atom. The molecule has 2 N–H and O–H groups in total. The molecular formula is C11H25N3O2S. The molecule has 0 radical (unpaired) electrons. The zero-order chi connectivity index (χ0) is 12.7. The van der Waals surface area contributed by atoms with E-state index in [0.717, 1.165) is 39.0 Å². The first-order valence-corrected chi connectivity index (χ1v) is 8.06. The first-order chi connectivity index (χ1) is 8.10. The molecule has 0 amide bonds. The smallest absolute Gasteiger partial charge is 0.215 e. The van der Waals surface area contributed by atoms with Crippen LogP contribution in [0.25, 0.3) is 0 Å². The van der Waals surface area contributed by atoms with Gasteiger partial charge in [0, 0.05) is 19.6 Å². The van der Waals surface area contributed by atoms with Crippen LogP contribution in [0.2, 0.25) is 0 Å². The number of rotatable bonds is 7. The van der Waals surface area contributed by atoms with Gasteiger partial charge in [-0.3, -0.25) is 0 Å². The summed E-state index contributed by atoms with van der Waals surface area (Å²) in [5.74, 6) is 0. The Balaban J connectivity index is 2.33. The Morgan fingerprint density at radius 2 is 2.06 bits per heavy atom. The van der Waals surface area contributed by atoms with Gasteiger partial charge in [0.1, 0.15) is 0 Å². The zero-order valence-electron chi connectivity index (χ0n) is 10.9. The highest BCUT2D eigenvalue weighted by molar-refractivity contribution is 7.90. The van der Waals surface area contributed by atoms with Gasteiger partial charge in [-0.25, -0.2) is 13.1 Å². The Morgan fingerprint density at radius 3 is 2.59 bits per heavy atom. The summed E-state index contributed by atoms with van der Waals surface area (Å²) in [6.45, 7) is 8.91. The van der Waals surface area contributed by atoms with E-state index in [1.165, 1.54) is 0 Å². The minimum atomic E-state index is -3.13. The lowest BCUT2D eigenvalue weighted by molar-refractivity contribution is 0.308. The van der Waals surface area contributed by atoms with Crippen molar-refractivity contribution < 1.29 is 8.42 Å². The fourth-order valence-electron chi connectivity index (χ4n) is 2.09. The second-order valence-electron chi connectivity index (χ2n) is 4.43. The predicted octanol–water partition coefficient (Wildman–Crippen LogP) is -0.000400. The average Bonchev–Trinajstić information content (AvgIpc) is 2.36. The van der Waals surface area contributed by atoms with Gasteiger partial charge in [-0.05, 0) is 32.5 Å². The van der Waals surface area contributed by atoms with Gasteiger partial charge in [-0.2, -0.15) is 0 Å². The summed E-state index contributed by atoms with van der Waals surface area (Å²) in [7, 11) is -3.13. The van der Waals surface area contributed by atoms with Crippen LogP contribution >= 0.6 is 0 Å². The number of likely N-dealkylation sites (N-methyl/N-ethyl adjacent to an activating group) is 1. The molecule has 6 heteroatoms. The van der Waals surface area contributed by atoms with Crippen LogP contribution < -0.4 is 10.0 Å². The van der Waals surface area contributed by atoms with Crippen molar-refractivity contribution in [3.8, 4) is 0 Å². The fraction of sp³-hybridized carbons (Fsp3) is 1.00. The van der Waals surface area contributed by atoms with Gasteiger partial charge in [0.2, 0.25) is 10.0 Å². The summed E-state index contributed by atoms with van der Waals surface area (Å²) in [5.41, 5.74) is 0. The van der Waals surface area contributed by atoms with Crippen molar-refractivity contribution in [1.82, 2.24) is 14.9 Å². The molecule has 0 spiro atoms. The lowest BCUT2D eigenvalue weighted by atomic mass is 10.2. The summed E-state index contributed by atoms with van der Waals surface area (Å²) in [6.07, 6.45) is 1.72. The Bertz CT molecular complexity index is 296. The maximum atomic E-state index is 12.0. The molecule has 1 aliphatic heterocycles. The third-order valence-electron chi connectivity index (χ3n) is 3.32. The van der Waals surface area contributed by atoms with Gasteiger partial charge in [-0.1, -0.05) is 13.8 Å². The normalized spacial score (nSPS) is 21.9. The molecule has 1 saturated heterocycles. The molecule has 0 aliphatic carbocycles. The molecule has 5 nitrogen and oxygen atoms in total. The number of piperidine rings is 1. The fourth-order valence-corrected chi connectivity index (χ4v) is 3.51. The average molecular weight is 263 g/mol. The summed E-state index contributed by atoms with van der Waals surface area (Å²) >= 11 is 0. The number of nitrogens with one attached hydrogen (secondary N) is 2. The third-order valence-corrected chi connectivity index (χ3v) is 5.20. The highest BCUT2D eigenvalue weighted by Crippen LogP contribution is 2.09. The van der Waals surface area contributed by atoms with Crippen LogP contribution in [0.5, 0.6) is 0 Å². The molecule has 1 atom stereocenters. The maximum absolute atomic E-state index is 12.0. The summed E-state index contributed by atoms with van der Waals surface area (Å²) in [6, 6.07) is 0. The van der Waals surface area contributed by atoms with Crippen molar-refractivity contribution in [3.05, 3.63) is 0 Å². The van der Waals surface area contributed by atoms with Crippen LogP contribution in [-0.4, -0.2) is 57.8 Å². The highest BCUT2D eigenvalue weighted by atomic mass is 32.2. The van der Waals surface area contributed by atoms with Gasteiger partial charge in [0.25, 0.3) is 0 Å². The van der Waals surface area contributed by atoms with Crippen molar-refractivity contribution in [1.29, 1.82) is 0 Å². The van der Waals surface area contributed by atoms with Crippen molar-refractivity contribution in [2.75, 3.05) is 39.3 Å². The second-order valence-corrected chi connectivity index (χ2v) is 6.48. The van der Waals surface area contributed by atoms with Gasteiger partial charge < -0.3 is 10.2 Å². The van der Waals surface area contributed by atoms with Crippen LogP contribution in [0.15, 0.2) is 0 Å². The van der Waals surface area contributed by atoms with Crippen molar-refractivity contribution >= 4 is 10.0 Å². The molecule has 102 valence electrons. The number of sulfonamides is 1. The number of hydrogen-bond donors (Lipinski definition) is 2. The van der Waals surface area contributed by atoms with E-state index in [-0.39, 0.29) is 5.25 Å². The van der Waals surface area contributed by atoms with E-state index < -0.39 is 10.0 Å². The quantitative estimate of drug-likeness (QED) is 0.679. The number of hydrogen-bond acceptors (Lipinski definition) is 4. The van der Waals surface area contributed by atoms with E-state index in [0.29, 0.717) is 13.1 Å². The molecule has 0 aromatic heterocycles. The van der Waals surface area contributed by atoms with Crippen LogP contribution in [-0.2, 0) is 10.0 Å². The van der Waals surface area contributed by atoms with E-state index in [2.05, 4.69) is 28.8 Å². The first kappa shape index (κ1) is 14.9. The molecule has 1 heterocycles. The summed E-state index contributed by atoms with van der Waals surface area (Å²) in [4.78, 5) is 2.21. The molecule has 0 saturated carbocycles. The third kappa shape index (κ3) is 4.91. The molecule has 17 heavy (non-hydrogen) atoms. The maximum Gasteiger partial charge on any atom is 0.215 e. The minimum Gasteiger partial charge on any atom is -0.315 e. The Hall–Kier alpha value is -0.170. The van der Waals surface area contributed by atoms with E-state index in [1.807, 2.05) is 0 Å². The summed E-state index contributed by atoms with van der Waals surface area (Å²) in [5, 5.41) is 2.88. The monoisotopic (exact) mass is 263 g/mol. The van der Waals surface area contributed by atoms with Gasteiger partial charge in [-0.15, -0.1) is 0 Å². The molecule has 1 aliphatic rings. The lowest BCUT2D eigenvalue weighted by Crippen LogP contribution is -2.45. The van der Waals surface area contributed by atoms with Crippen LogP contribution in [0, 0.1) is 0 Å². The molecule has 1 rings (SSSR count). The molecule has 0 bridgehead atoms. The molecular weight excluding hydrogens is 238 g/mol. The van der Waals surface area contributed by atoms with Crippen molar-refractivity contribution in [3.63, 3.8) is 0 Å². The van der Waals surface area contributed by atoms with Gasteiger partial charge >= 0.3 is 0 Å². The van der Waals surface area contributed by atoms with Crippen molar-refractivity contribution in [2.45, 2.75) is 31.9 Å².